The first-order chi connectivity index (χ1) is 12.6. The lowest BCUT2D eigenvalue weighted by molar-refractivity contribution is -0.116. The Bertz CT molecular complexity index is 868. The van der Waals surface area contributed by atoms with Crippen LogP contribution in [0.25, 0.3) is 0 Å². The lowest BCUT2D eigenvalue weighted by atomic mass is 10.0. The zero-order valence-electron chi connectivity index (χ0n) is 15.4. The van der Waals surface area contributed by atoms with Gasteiger partial charge < -0.3 is 14.6 Å². The molecule has 4 nitrogen and oxygen atoms in total. The summed E-state index contributed by atoms with van der Waals surface area (Å²) in [5, 5.41) is 3.05. The Balaban J connectivity index is 1.80. The maximum absolute atomic E-state index is 12.7. The lowest BCUT2D eigenvalue weighted by Crippen LogP contribution is -2.20. The van der Waals surface area contributed by atoms with Gasteiger partial charge in [0.15, 0.2) is 0 Å². The summed E-state index contributed by atoms with van der Waals surface area (Å²) in [4.78, 5) is 12.7. The van der Waals surface area contributed by atoms with Gasteiger partial charge in [-0.1, -0.05) is 29.8 Å². The van der Waals surface area contributed by atoms with Crippen molar-refractivity contribution in [3.05, 3.63) is 83.7 Å². The monoisotopic (exact) mass is 348 g/mol. The Morgan fingerprint density at radius 3 is 2.38 bits per heavy atom. The number of nitrogens with one attached hydrogen (secondary N) is 1. The topological polar surface area (TPSA) is 43.3 Å². The van der Waals surface area contributed by atoms with Crippen LogP contribution in [0.15, 0.2) is 67.0 Å². The number of anilines is 1. The molecule has 4 heteroatoms. The molecule has 0 aliphatic carbocycles. The first kappa shape index (κ1) is 17.8. The van der Waals surface area contributed by atoms with E-state index in [4.69, 9.17) is 4.74 Å². The van der Waals surface area contributed by atoms with Crippen molar-refractivity contribution < 1.29 is 9.53 Å². The highest BCUT2D eigenvalue weighted by atomic mass is 16.5. The molecule has 0 spiro atoms. The normalized spacial score (nSPS) is 11.8. The number of benzene rings is 2. The van der Waals surface area contributed by atoms with Gasteiger partial charge in [0, 0.05) is 18.1 Å². The van der Waals surface area contributed by atoms with E-state index in [0.29, 0.717) is 6.42 Å². The molecule has 2 aromatic carbocycles. The van der Waals surface area contributed by atoms with Crippen LogP contribution in [0.5, 0.6) is 5.75 Å². The molecule has 134 valence electrons. The third-order valence-electron chi connectivity index (χ3n) is 4.52. The van der Waals surface area contributed by atoms with Gasteiger partial charge in [-0.2, -0.15) is 0 Å². The summed E-state index contributed by atoms with van der Waals surface area (Å²) in [5.74, 6) is 0.797. The number of amides is 1. The molecule has 0 saturated heterocycles. The fourth-order valence-electron chi connectivity index (χ4n) is 3.11. The van der Waals surface area contributed by atoms with E-state index in [1.807, 2.05) is 74.8 Å². The molecule has 26 heavy (non-hydrogen) atoms. The summed E-state index contributed by atoms with van der Waals surface area (Å²) in [7, 11) is 1.65. The van der Waals surface area contributed by atoms with Crippen LogP contribution in [-0.4, -0.2) is 17.6 Å². The largest absolute Gasteiger partial charge is 0.497 e. The van der Waals surface area contributed by atoms with Crippen molar-refractivity contribution in [1.29, 1.82) is 0 Å². The van der Waals surface area contributed by atoms with Gasteiger partial charge in [-0.3, -0.25) is 4.79 Å². The minimum atomic E-state index is -0.0679. The molecular formula is C22H24N2O2. The Morgan fingerprint density at radius 1 is 1.08 bits per heavy atom. The molecule has 1 heterocycles. The molecule has 3 aromatic rings. The third kappa shape index (κ3) is 4.14. The van der Waals surface area contributed by atoms with Crippen LogP contribution in [0.4, 0.5) is 5.69 Å². The number of methoxy groups -OCH3 is 1. The summed E-state index contributed by atoms with van der Waals surface area (Å²) in [6.45, 7) is 4.06. The fraction of sp³-hybridized carbons (Fsp3) is 0.227. The summed E-state index contributed by atoms with van der Waals surface area (Å²) >= 11 is 0. The van der Waals surface area contributed by atoms with Gasteiger partial charge >= 0.3 is 0 Å². The minimum Gasteiger partial charge on any atom is -0.497 e. The molecular weight excluding hydrogens is 324 g/mol. The Morgan fingerprint density at radius 2 is 1.77 bits per heavy atom. The number of hydrogen-bond acceptors (Lipinski definition) is 2. The molecule has 1 amide bonds. The molecule has 1 unspecified atom stereocenters. The molecule has 0 saturated carbocycles. The SMILES string of the molecule is COc1ccc(C(CC(=O)Nc2ccc(C)cc2C)n2cccc2)cc1. The smallest absolute Gasteiger partial charge is 0.226 e. The van der Waals surface area contributed by atoms with Crippen LogP contribution in [0, 0.1) is 13.8 Å². The van der Waals surface area contributed by atoms with Gasteiger partial charge in [0.05, 0.1) is 19.6 Å². The van der Waals surface area contributed by atoms with E-state index in [1.54, 1.807) is 7.11 Å². The predicted molar refractivity (Wildman–Crippen MR) is 105 cm³/mol. The highest BCUT2D eigenvalue weighted by Gasteiger charge is 2.18. The van der Waals surface area contributed by atoms with Gasteiger partial charge in [0.25, 0.3) is 0 Å². The molecule has 0 aliphatic rings. The van der Waals surface area contributed by atoms with Crippen molar-refractivity contribution in [1.82, 2.24) is 4.57 Å². The average molecular weight is 348 g/mol. The van der Waals surface area contributed by atoms with Crippen molar-refractivity contribution in [2.24, 2.45) is 0 Å². The summed E-state index contributed by atoms with van der Waals surface area (Å²) < 4.78 is 7.30. The van der Waals surface area contributed by atoms with E-state index >= 15 is 0 Å². The van der Waals surface area contributed by atoms with E-state index in [-0.39, 0.29) is 11.9 Å². The van der Waals surface area contributed by atoms with Gasteiger partial charge in [0.2, 0.25) is 5.91 Å². The van der Waals surface area contributed by atoms with Gasteiger partial charge in [0.1, 0.15) is 5.75 Å². The van der Waals surface area contributed by atoms with Crippen LogP contribution in [0.1, 0.15) is 29.2 Å². The Kier molecular flexibility index (Phi) is 5.42. The van der Waals surface area contributed by atoms with Crippen LogP contribution >= 0.6 is 0 Å². The molecule has 1 aromatic heterocycles. The summed E-state index contributed by atoms with van der Waals surface area (Å²) in [6, 6.07) is 17.8. The van der Waals surface area contributed by atoms with Crippen LogP contribution in [-0.2, 0) is 4.79 Å². The lowest BCUT2D eigenvalue weighted by Gasteiger charge is -2.20. The van der Waals surface area contributed by atoms with Gasteiger partial charge in [-0.05, 0) is 55.3 Å². The van der Waals surface area contributed by atoms with E-state index in [1.165, 1.54) is 5.56 Å². The second kappa shape index (κ2) is 7.91. The Labute approximate surface area is 154 Å². The van der Waals surface area contributed by atoms with Gasteiger partial charge in [-0.15, -0.1) is 0 Å². The standard InChI is InChI=1S/C22H24N2O2/c1-16-6-11-20(17(2)14-16)23-22(25)15-21(24-12-4-5-13-24)18-7-9-19(26-3)10-8-18/h4-14,21H,15H2,1-3H3,(H,23,25). The average Bonchev–Trinajstić information content (AvgIpc) is 3.17. The fourth-order valence-corrected chi connectivity index (χ4v) is 3.11. The highest BCUT2D eigenvalue weighted by Crippen LogP contribution is 2.25. The van der Waals surface area contributed by atoms with E-state index in [9.17, 15) is 4.79 Å². The maximum Gasteiger partial charge on any atom is 0.226 e. The number of aromatic nitrogens is 1. The molecule has 1 N–H and O–H groups in total. The number of nitrogens with zero attached hydrogens (tertiary/aromatic N) is 1. The van der Waals surface area contributed by atoms with Crippen molar-refractivity contribution in [3.8, 4) is 5.75 Å². The quantitative estimate of drug-likeness (QED) is 0.700. The first-order valence-electron chi connectivity index (χ1n) is 8.70. The summed E-state index contributed by atoms with van der Waals surface area (Å²) in [5.41, 5.74) is 4.18. The number of hydrogen-bond donors (Lipinski definition) is 1. The number of rotatable bonds is 6. The van der Waals surface area contributed by atoms with Crippen molar-refractivity contribution in [2.45, 2.75) is 26.3 Å². The van der Waals surface area contributed by atoms with Crippen molar-refractivity contribution in [3.63, 3.8) is 0 Å². The van der Waals surface area contributed by atoms with E-state index in [0.717, 1.165) is 22.6 Å². The van der Waals surface area contributed by atoms with Crippen molar-refractivity contribution in [2.75, 3.05) is 12.4 Å². The Hall–Kier alpha value is -3.01. The zero-order valence-corrected chi connectivity index (χ0v) is 15.4. The van der Waals surface area contributed by atoms with E-state index < -0.39 is 0 Å². The molecule has 0 bridgehead atoms. The number of ether oxygens (including phenoxy) is 1. The van der Waals surface area contributed by atoms with Crippen molar-refractivity contribution >= 4 is 11.6 Å². The molecule has 3 rings (SSSR count). The predicted octanol–water partition coefficient (Wildman–Crippen LogP) is 4.73. The van der Waals surface area contributed by atoms with Crippen LogP contribution < -0.4 is 10.1 Å². The number of carbonyl (C=O) groups excluding carboxylic acids is 1. The number of aryl methyl sites for hydroxylation is 2. The summed E-state index contributed by atoms with van der Waals surface area (Å²) in [6.07, 6.45) is 4.33. The maximum atomic E-state index is 12.7. The van der Waals surface area contributed by atoms with Crippen LogP contribution in [0.3, 0.4) is 0 Å². The van der Waals surface area contributed by atoms with Crippen LogP contribution in [0.2, 0.25) is 0 Å². The van der Waals surface area contributed by atoms with Gasteiger partial charge in [-0.25, -0.2) is 0 Å². The molecule has 0 fully saturated rings. The molecule has 0 aliphatic heterocycles. The second-order valence-corrected chi connectivity index (χ2v) is 6.49. The third-order valence-corrected chi connectivity index (χ3v) is 4.52. The first-order valence-corrected chi connectivity index (χ1v) is 8.70. The molecule has 0 radical (unpaired) electrons. The van der Waals surface area contributed by atoms with E-state index in [2.05, 4.69) is 16.0 Å². The molecule has 1 atom stereocenters. The highest BCUT2D eigenvalue weighted by molar-refractivity contribution is 5.92. The minimum absolute atomic E-state index is 0.00790. The zero-order chi connectivity index (χ0) is 18.5. The number of carbonyl (C=O) groups is 1. The second-order valence-electron chi connectivity index (χ2n) is 6.49.